The van der Waals surface area contributed by atoms with Crippen molar-refractivity contribution in [3.63, 3.8) is 0 Å². The molecule has 0 spiro atoms. The molecule has 2 nitrogen and oxygen atoms in total. The molecule has 18 heavy (non-hydrogen) atoms. The van der Waals surface area contributed by atoms with Crippen LogP contribution in [0.3, 0.4) is 0 Å². The molecule has 0 amide bonds. The summed E-state index contributed by atoms with van der Waals surface area (Å²) in [5, 5.41) is 3.42. The van der Waals surface area contributed by atoms with E-state index >= 15 is 0 Å². The summed E-state index contributed by atoms with van der Waals surface area (Å²) in [6.07, 6.45) is 2.25. The maximum absolute atomic E-state index is 5.53. The van der Waals surface area contributed by atoms with Crippen molar-refractivity contribution in [3.8, 4) is 0 Å². The smallest absolute Gasteiger partial charge is 0.0623 e. The third-order valence-corrected chi connectivity index (χ3v) is 4.67. The quantitative estimate of drug-likeness (QED) is 0.898. The molecule has 1 saturated heterocycles. The highest BCUT2D eigenvalue weighted by Gasteiger charge is 2.39. The predicted octanol–water partition coefficient (Wildman–Crippen LogP) is 3.50. The zero-order chi connectivity index (χ0) is 13.2. The largest absolute Gasteiger partial charge is 0.379 e. The first-order chi connectivity index (χ1) is 8.47. The van der Waals surface area contributed by atoms with Gasteiger partial charge in [0.15, 0.2) is 0 Å². The lowest BCUT2D eigenvalue weighted by Gasteiger charge is -2.45. The van der Waals surface area contributed by atoms with Crippen molar-refractivity contribution in [2.45, 2.75) is 37.7 Å². The highest BCUT2D eigenvalue weighted by Crippen LogP contribution is 2.36. The van der Waals surface area contributed by atoms with Gasteiger partial charge in [-0.25, -0.2) is 0 Å². The molecule has 100 valence electrons. The summed E-state index contributed by atoms with van der Waals surface area (Å²) < 4.78 is 6.67. The third-order valence-electron chi connectivity index (χ3n) is 4.14. The SMILES string of the molecule is COC(C)(C)CCC1(c2ccc(Br)cc2)CNC1. The Hall–Kier alpha value is -0.380. The maximum Gasteiger partial charge on any atom is 0.0623 e. The van der Waals surface area contributed by atoms with Gasteiger partial charge in [0.25, 0.3) is 0 Å². The first-order valence-corrected chi connectivity index (χ1v) is 7.29. The minimum atomic E-state index is -0.0298. The van der Waals surface area contributed by atoms with E-state index in [4.69, 9.17) is 4.74 Å². The summed E-state index contributed by atoms with van der Waals surface area (Å²) in [7, 11) is 1.80. The molecule has 3 heteroatoms. The lowest BCUT2D eigenvalue weighted by molar-refractivity contribution is 0.00566. The molecule has 1 aromatic carbocycles. The highest BCUT2D eigenvalue weighted by molar-refractivity contribution is 9.10. The standard InChI is InChI=1S/C15H22BrNO/c1-14(2,18-3)8-9-15(10-17-11-15)12-4-6-13(16)7-5-12/h4-7,17H,8-11H2,1-3H3. The molecule has 0 atom stereocenters. The van der Waals surface area contributed by atoms with Gasteiger partial charge in [0.05, 0.1) is 5.60 Å². The minimum absolute atomic E-state index is 0.0298. The Kier molecular flexibility index (Phi) is 4.15. The van der Waals surface area contributed by atoms with Crippen molar-refractivity contribution in [3.05, 3.63) is 34.3 Å². The van der Waals surface area contributed by atoms with Crippen LogP contribution >= 0.6 is 15.9 Å². The molecule has 0 bridgehead atoms. The van der Waals surface area contributed by atoms with E-state index in [0.717, 1.165) is 24.0 Å². The Morgan fingerprint density at radius 3 is 2.33 bits per heavy atom. The first kappa shape index (κ1) is 14.0. The summed E-state index contributed by atoms with van der Waals surface area (Å²) in [5.74, 6) is 0. The number of halogens is 1. The van der Waals surface area contributed by atoms with E-state index < -0.39 is 0 Å². The molecular weight excluding hydrogens is 290 g/mol. The van der Waals surface area contributed by atoms with Gasteiger partial charge in [-0.1, -0.05) is 28.1 Å². The van der Waals surface area contributed by atoms with E-state index in [0.29, 0.717) is 5.41 Å². The van der Waals surface area contributed by atoms with Crippen LogP contribution in [-0.2, 0) is 10.2 Å². The Labute approximate surface area is 118 Å². The molecule has 1 heterocycles. The van der Waals surface area contributed by atoms with Crippen LogP contribution in [0.25, 0.3) is 0 Å². The van der Waals surface area contributed by atoms with E-state index in [-0.39, 0.29) is 5.60 Å². The lowest BCUT2D eigenvalue weighted by atomic mass is 9.70. The Morgan fingerprint density at radius 1 is 1.28 bits per heavy atom. The lowest BCUT2D eigenvalue weighted by Crippen LogP contribution is -2.57. The molecule has 0 aliphatic carbocycles. The number of hydrogen-bond donors (Lipinski definition) is 1. The number of ether oxygens (including phenoxy) is 1. The van der Waals surface area contributed by atoms with Gasteiger partial charge in [-0.05, 0) is 44.4 Å². The van der Waals surface area contributed by atoms with E-state index in [1.54, 1.807) is 7.11 Å². The Bertz CT molecular complexity index is 395. The van der Waals surface area contributed by atoms with Gasteiger partial charge in [-0.3, -0.25) is 0 Å². The average molecular weight is 312 g/mol. The summed E-state index contributed by atoms with van der Waals surface area (Å²) in [6, 6.07) is 8.75. The minimum Gasteiger partial charge on any atom is -0.379 e. The van der Waals surface area contributed by atoms with Crippen LogP contribution in [0.4, 0.5) is 0 Å². The van der Waals surface area contributed by atoms with Crippen LogP contribution in [0, 0.1) is 0 Å². The summed E-state index contributed by atoms with van der Waals surface area (Å²) in [6.45, 7) is 6.48. The average Bonchev–Trinajstić information content (AvgIpc) is 2.30. The second kappa shape index (κ2) is 5.32. The Balaban J connectivity index is 2.09. The van der Waals surface area contributed by atoms with Crippen molar-refractivity contribution in [2.75, 3.05) is 20.2 Å². The summed E-state index contributed by atoms with van der Waals surface area (Å²) in [4.78, 5) is 0. The molecule has 1 aliphatic rings. The van der Waals surface area contributed by atoms with Crippen molar-refractivity contribution in [2.24, 2.45) is 0 Å². The van der Waals surface area contributed by atoms with Gasteiger partial charge in [0, 0.05) is 30.1 Å². The zero-order valence-corrected chi connectivity index (χ0v) is 13.0. The van der Waals surface area contributed by atoms with Crippen LogP contribution in [0.2, 0.25) is 0 Å². The molecule has 1 aliphatic heterocycles. The van der Waals surface area contributed by atoms with E-state index in [2.05, 4.69) is 59.4 Å². The third kappa shape index (κ3) is 2.95. The predicted molar refractivity (Wildman–Crippen MR) is 79.0 cm³/mol. The van der Waals surface area contributed by atoms with Gasteiger partial charge >= 0.3 is 0 Å². The van der Waals surface area contributed by atoms with Gasteiger partial charge in [0.1, 0.15) is 0 Å². The van der Waals surface area contributed by atoms with Crippen molar-refractivity contribution >= 4 is 15.9 Å². The van der Waals surface area contributed by atoms with Gasteiger partial charge in [-0.15, -0.1) is 0 Å². The molecule has 1 N–H and O–H groups in total. The van der Waals surface area contributed by atoms with Crippen molar-refractivity contribution < 1.29 is 4.74 Å². The van der Waals surface area contributed by atoms with Crippen molar-refractivity contribution in [1.82, 2.24) is 5.32 Å². The van der Waals surface area contributed by atoms with Crippen LogP contribution in [0.5, 0.6) is 0 Å². The number of hydrogen-bond acceptors (Lipinski definition) is 2. The zero-order valence-electron chi connectivity index (χ0n) is 11.4. The summed E-state index contributed by atoms with van der Waals surface area (Å²) >= 11 is 3.50. The van der Waals surface area contributed by atoms with Crippen LogP contribution in [0.15, 0.2) is 28.7 Å². The van der Waals surface area contributed by atoms with Crippen LogP contribution < -0.4 is 5.32 Å². The van der Waals surface area contributed by atoms with Gasteiger partial charge < -0.3 is 10.1 Å². The fourth-order valence-electron chi connectivity index (χ4n) is 2.40. The van der Waals surface area contributed by atoms with E-state index in [9.17, 15) is 0 Å². The Morgan fingerprint density at radius 2 is 1.89 bits per heavy atom. The number of methoxy groups -OCH3 is 1. The second-order valence-electron chi connectivity index (χ2n) is 5.85. The van der Waals surface area contributed by atoms with E-state index in [1.807, 2.05) is 0 Å². The fourth-order valence-corrected chi connectivity index (χ4v) is 2.66. The maximum atomic E-state index is 5.53. The normalized spacial score (nSPS) is 18.4. The highest BCUT2D eigenvalue weighted by atomic mass is 79.9. The fraction of sp³-hybridized carbons (Fsp3) is 0.600. The first-order valence-electron chi connectivity index (χ1n) is 6.49. The molecular formula is C15H22BrNO. The molecule has 0 saturated carbocycles. The summed E-state index contributed by atoms with van der Waals surface area (Å²) in [5.41, 5.74) is 1.71. The molecule has 0 radical (unpaired) electrons. The second-order valence-corrected chi connectivity index (χ2v) is 6.77. The topological polar surface area (TPSA) is 21.3 Å². The number of rotatable bonds is 5. The molecule has 0 aromatic heterocycles. The molecule has 0 unspecified atom stereocenters. The molecule has 1 fully saturated rings. The number of benzene rings is 1. The molecule has 2 rings (SSSR count). The van der Waals surface area contributed by atoms with Gasteiger partial charge in [0.2, 0.25) is 0 Å². The number of nitrogens with one attached hydrogen (secondary N) is 1. The van der Waals surface area contributed by atoms with Crippen LogP contribution in [-0.4, -0.2) is 25.8 Å². The van der Waals surface area contributed by atoms with Crippen molar-refractivity contribution in [1.29, 1.82) is 0 Å². The molecule has 1 aromatic rings. The van der Waals surface area contributed by atoms with Gasteiger partial charge in [-0.2, -0.15) is 0 Å². The monoisotopic (exact) mass is 311 g/mol. The van der Waals surface area contributed by atoms with Crippen LogP contribution in [0.1, 0.15) is 32.3 Å². The van der Waals surface area contributed by atoms with E-state index in [1.165, 1.54) is 12.0 Å².